The number of benzene rings is 1. The lowest BCUT2D eigenvalue weighted by atomic mass is 10.0. The standard InChI is InChI=1S/C17H16BrN5O2/c1-3-23-8-12(14(22-23)10-4-6-11(18)7-5-10)15-13(9(2)24)16(25)21-17(19)20-15/h4-8H,3H2,1-2H3,(H3,19,20,21,25). The van der Waals surface area contributed by atoms with Crippen LogP contribution in [0.2, 0.25) is 0 Å². The number of halogens is 1. The molecule has 2 heterocycles. The molecule has 0 radical (unpaired) electrons. The van der Waals surface area contributed by atoms with E-state index in [-0.39, 0.29) is 23.0 Å². The number of carbonyl (C=O) groups is 1. The number of hydrogen-bond acceptors (Lipinski definition) is 5. The minimum absolute atomic E-state index is 0.0248. The average Bonchev–Trinajstić information content (AvgIpc) is 2.98. The van der Waals surface area contributed by atoms with Crippen LogP contribution in [-0.4, -0.2) is 25.5 Å². The molecule has 0 saturated carbocycles. The molecule has 1 aromatic carbocycles. The zero-order valence-electron chi connectivity index (χ0n) is 13.7. The summed E-state index contributed by atoms with van der Waals surface area (Å²) in [6.07, 6.45) is 1.77. The van der Waals surface area contributed by atoms with Crippen molar-refractivity contribution >= 4 is 27.7 Å². The van der Waals surface area contributed by atoms with Crippen molar-refractivity contribution in [3.63, 3.8) is 0 Å². The number of anilines is 1. The number of aromatic nitrogens is 4. The first-order valence-corrected chi connectivity index (χ1v) is 8.44. The molecule has 0 aliphatic carbocycles. The molecule has 0 amide bonds. The van der Waals surface area contributed by atoms with Crippen molar-refractivity contribution in [1.82, 2.24) is 19.7 Å². The number of aryl methyl sites for hydroxylation is 1. The molecule has 0 bridgehead atoms. The molecule has 0 saturated heterocycles. The minimum Gasteiger partial charge on any atom is -0.369 e. The number of nitrogens with zero attached hydrogens (tertiary/aromatic N) is 3. The summed E-state index contributed by atoms with van der Waals surface area (Å²) in [4.78, 5) is 30.8. The Kier molecular flexibility index (Phi) is 4.54. The summed E-state index contributed by atoms with van der Waals surface area (Å²) < 4.78 is 2.67. The molecule has 0 atom stereocenters. The largest absolute Gasteiger partial charge is 0.369 e. The van der Waals surface area contributed by atoms with Crippen LogP contribution in [0.25, 0.3) is 22.5 Å². The normalized spacial score (nSPS) is 10.8. The Labute approximate surface area is 152 Å². The van der Waals surface area contributed by atoms with E-state index in [1.54, 1.807) is 10.9 Å². The number of aromatic amines is 1. The molecule has 128 valence electrons. The monoisotopic (exact) mass is 401 g/mol. The van der Waals surface area contributed by atoms with Crippen molar-refractivity contribution in [1.29, 1.82) is 0 Å². The molecule has 25 heavy (non-hydrogen) atoms. The third kappa shape index (κ3) is 3.25. The highest BCUT2D eigenvalue weighted by molar-refractivity contribution is 9.10. The van der Waals surface area contributed by atoms with Crippen molar-refractivity contribution in [3.05, 3.63) is 50.9 Å². The Hall–Kier alpha value is -2.74. The van der Waals surface area contributed by atoms with Crippen LogP contribution in [0.5, 0.6) is 0 Å². The maximum atomic E-state index is 12.2. The van der Waals surface area contributed by atoms with Gasteiger partial charge in [0.25, 0.3) is 5.56 Å². The molecular formula is C17H16BrN5O2. The Morgan fingerprint density at radius 3 is 2.56 bits per heavy atom. The summed E-state index contributed by atoms with van der Waals surface area (Å²) in [5.41, 5.74) is 7.44. The van der Waals surface area contributed by atoms with Gasteiger partial charge in [-0.05, 0) is 26.0 Å². The van der Waals surface area contributed by atoms with Crippen LogP contribution in [0.1, 0.15) is 24.2 Å². The van der Waals surface area contributed by atoms with Crippen LogP contribution >= 0.6 is 15.9 Å². The van der Waals surface area contributed by atoms with Crippen molar-refractivity contribution in [3.8, 4) is 22.5 Å². The van der Waals surface area contributed by atoms with E-state index in [1.807, 2.05) is 31.2 Å². The first kappa shape index (κ1) is 17.1. The molecule has 0 fully saturated rings. The predicted octanol–water partition coefficient (Wildman–Crippen LogP) is 2.87. The number of carbonyl (C=O) groups excluding carboxylic acids is 1. The number of rotatable bonds is 4. The van der Waals surface area contributed by atoms with E-state index in [1.165, 1.54) is 6.92 Å². The van der Waals surface area contributed by atoms with Crippen LogP contribution < -0.4 is 11.3 Å². The van der Waals surface area contributed by atoms with Gasteiger partial charge in [0.1, 0.15) is 11.3 Å². The van der Waals surface area contributed by atoms with E-state index in [0.717, 1.165) is 10.0 Å². The van der Waals surface area contributed by atoms with E-state index in [0.29, 0.717) is 17.8 Å². The summed E-state index contributed by atoms with van der Waals surface area (Å²) >= 11 is 3.41. The predicted molar refractivity (Wildman–Crippen MR) is 99.3 cm³/mol. The Morgan fingerprint density at radius 1 is 1.28 bits per heavy atom. The third-order valence-corrected chi connectivity index (χ3v) is 4.28. The Morgan fingerprint density at radius 2 is 1.96 bits per heavy atom. The van der Waals surface area contributed by atoms with Crippen molar-refractivity contribution in [2.24, 2.45) is 0 Å². The first-order chi connectivity index (χ1) is 11.9. The van der Waals surface area contributed by atoms with E-state index < -0.39 is 5.56 Å². The third-order valence-electron chi connectivity index (χ3n) is 3.75. The first-order valence-electron chi connectivity index (χ1n) is 7.65. The van der Waals surface area contributed by atoms with E-state index in [9.17, 15) is 9.59 Å². The number of H-pyrrole nitrogens is 1. The van der Waals surface area contributed by atoms with Crippen molar-refractivity contribution in [2.75, 3.05) is 5.73 Å². The average molecular weight is 402 g/mol. The van der Waals surface area contributed by atoms with Gasteiger partial charge in [0.2, 0.25) is 5.95 Å². The van der Waals surface area contributed by atoms with Crippen molar-refractivity contribution < 1.29 is 4.79 Å². The van der Waals surface area contributed by atoms with E-state index in [2.05, 4.69) is 31.0 Å². The molecule has 8 heteroatoms. The van der Waals surface area contributed by atoms with Crippen molar-refractivity contribution in [2.45, 2.75) is 20.4 Å². The van der Waals surface area contributed by atoms with Crippen LogP contribution in [0, 0.1) is 0 Å². The number of ketones is 1. The molecule has 0 unspecified atom stereocenters. The highest BCUT2D eigenvalue weighted by Gasteiger charge is 2.22. The van der Waals surface area contributed by atoms with Gasteiger partial charge >= 0.3 is 0 Å². The molecule has 0 aliphatic heterocycles. The molecule has 0 aliphatic rings. The fourth-order valence-corrected chi connectivity index (χ4v) is 2.85. The van der Waals surface area contributed by atoms with Crippen LogP contribution in [0.15, 0.2) is 39.7 Å². The SMILES string of the molecule is CCn1cc(-c2nc(N)[nH]c(=O)c2C(C)=O)c(-c2ccc(Br)cc2)n1. The lowest BCUT2D eigenvalue weighted by Gasteiger charge is -2.07. The van der Waals surface area contributed by atoms with Gasteiger partial charge in [0.05, 0.1) is 5.69 Å². The summed E-state index contributed by atoms with van der Waals surface area (Å²) in [6, 6.07) is 7.60. The maximum absolute atomic E-state index is 12.2. The second-order valence-corrected chi connectivity index (χ2v) is 6.40. The summed E-state index contributed by atoms with van der Waals surface area (Å²) in [7, 11) is 0. The molecule has 0 spiro atoms. The molecule has 3 rings (SSSR count). The maximum Gasteiger partial charge on any atom is 0.263 e. The smallest absolute Gasteiger partial charge is 0.263 e. The lowest BCUT2D eigenvalue weighted by Crippen LogP contribution is -2.21. The molecule has 2 aromatic heterocycles. The Balaban J connectivity index is 2.32. The molecular weight excluding hydrogens is 386 g/mol. The zero-order valence-corrected chi connectivity index (χ0v) is 15.3. The summed E-state index contributed by atoms with van der Waals surface area (Å²) in [5.74, 6) is -0.425. The summed E-state index contributed by atoms with van der Waals surface area (Å²) in [5, 5.41) is 4.56. The van der Waals surface area contributed by atoms with Gasteiger partial charge < -0.3 is 5.73 Å². The minimum atomic E-state index is -0.555. The van der Waals surface area contributed by atoms with Gasteiger partial charge in [-0.25, -0.2) is 4.98 Å². The highest BCUT2D eigenvalue weighted by Crippen LogP contribution is 2.32. The second-order valence-electron chi connectivity index (χ2n) is 5.48. The Bertz CT molecular complexity index is 1000. The molecule has 3 N–H and O–H groups in total. The topological polar surface area (TPSA) is 107 Å². The molecule has 7 nitrogen and oxygen atoms in total. The highest BCUT2D eigenvalue weighted by atomic mass is 79.9. The number of Topliss-reactive ketones (excluding diaryl/α,β-unsaturated/α-hetero) is 1. The molecule has 3 aromatic rings. The van der Waals surface area contributed by atoms with Crippen LogP contribution in [-0.2, 0) is 6.54 Å². The fraction of sp³-hybridized carbons (Fsp3) is 0.176. The van der Waals surface area contributed by atoms with Gasteiger partial charge in [0, 0.05) is 28.3 Å². The number of nitrogens with one attached hydrogen (secondary N) is 1. The number of nitrogen functional groups attached to an aromatic ring is 1. The van der Waals surface area contributed by atoms with E-state index >= 15 is 0 Å². The van der Waals surface area contributed by atoms with E-state index in [4.69, 9.17) is 5.73 Å². The van der Waals surface area contributed by atoms with Gasteiger partial charge in [-0.2, -0.15) is 5.10 Å². The summed E-state index contributed by atoms with van der Waals surface area (Å²) in [6.45, 7) is 3.92. The van der Waals surface area contributed by atoms with Gasteiger partial charge in [-0.3, -0.25) is 19.3 Å². The lowest BCUT2D eigenvalue weighted by molar-refractivity contribution is 0.101. The van der Waals surface area contributed by atoms with Gasteiger partial charge in [-0.15, -0.1) is 0 Å². The van der Waals surface area contributed by atoms with Crippen LogP contribution in [0.3, 0.4) is 0 Å². The number of nitrogens with two attached hydrogens (primary N) is 1. The quantitative estimate of drug-likeness (QED) is 0.653. The fourth-order valence-electron chi connectivity index (χ4n) is 2.59. The second kappa shape index (κ2) is 6.64. The van der Waals surface area contributed by atoms with Gasteiger partial charge in [0.15, 0.2) is 5.78 Å². The van der Waals surface area contributed by atoms with Gasteiger partial charge in [-0.1, -0.05) is 28.1 Å². The van der Waals surface area contributed by atoms with Crippen LogP contribution in [0.4, 0.5) is 5.95 Å². The zero-order chi connectivity index (χ0) is 18.1. The number of hydrogen-bond donors (Lipinski definition) is 2.